The summed E-state index contributed by atoms with van der Waals surface area (Å²) in [4.78, 5) is 4.41. The van der Waals surface area contributed by atoms with Crippen molar-refractivity contribution in [2.75, 3.05) is 0 Å². The van der Waals surface area contributed by atoms with Crippen LogP contribution in [0.1, 0.15) is 47.7 Å². The molecule has 1 aromatic carbocycles. The van der Waals surface area contributed by atoms with Crippen molar-refractivity contribution < 1.29 is 9.84 Å². The SMILES string of the molecule is Cc1c(C)c2c(c(C)c1O)CCC(C)(CCc1ccccn1)O2. The Morgan fingerprint density at radius 3 is 2.65 bits per heavy atom. The van der Waals surface area contributed by atoms with Gasteiger partial charge in [0.25, 0.3) is 0 Å². The molecule has 3 heteroatoms. The van der Waals surface area contributed by atoms with Crippen LogP contribution in [0, 0.1) is 20.8 Å². The molecule has 1 aliphatic rings. The molecule has 2 aromatic rings. The topological polar surface area (TPSA) is 42.4 Å². The highest BCUT2D eigenvalue weighted by Gasteiger charge is 2.34. The number of hydrogen-bond acceptors (Lipinski definition) is 3. The molecule has 1 atom stereocenters. The predicted octanol–water partition coefficient (Wildman–Crippen LogP) is 4.43. The van der Waals surface area contributed by atoms with Gasteiger partial charge in [-0.15, -0.1) is 0 Å². The van der Waals surface area contributed by atoms with E-state index in [1.807, 2.05) is 39.1 Å². The standard InChI is InChI=1S/C20H25NO2/c1-13-14(2)19-17(15(3)18(13)22)9-11-20(4,23-19)10-8-16-7-5-6-12-21-16/h5-7,12,22H,8-11H2,1-4H3. The Morgan fingerprint density at radius 1 is 1.17 bits per heavy atom. The number of nitrogens with zero attached hydrogens (tertiary/aromatic N) is 1. The molecular weight excluding hydrogens is 286 g/mol. The normalized spacial score (nSPS) is 20.0. The average molecular weight is 311 g/mol. The maximum atomic E-state index is 10.3. The van der Waals surface area contributed by atoms with Gasteiger partial charge in [0, 0.05) is 17.5 Å². The van der Waals surface area contributed by atoms with E-state index in [0.29, 0.717) is 5.75 Å². The van der Waals surface area contributed by atoms with E-state index in [9.17, 15) is 5.11 Å². The third-order valence-electron chi connectivity index (χ3n) is 5.23. The number of hydrogen-bond donors (Lipinski definition) is 1. The lowest BCUT2D eigenvalue weighted by Crippen LogP contribution is -2.37. The first-order valence-corrected chi connectivity index (χ1v) is 8.32. The van der Waals surface area contributed by atoms with E-state index in [-0.39, 0.29) is 5.60 Å². The number of phenols is 1. The summed E-state index contributed by atoms with van der Waals surface area (Å²) in [5.41, 5.74) is 5.06. The van der Waals surface area contributed by atoms with Crippen LogP contribution in [-0.4, -0.2) is 15.7 Å². The Balaban J connectivity index is 1.84. The van der Waals surface area contributed by atoms with Gasteiger partial charge in [-0.3, -0.25) is 4.98 Å². The number of fused-ring (bicyclic) bond motifs is 1. The lowest BCUT2D eigenvalue weighted by atomic mass is 9.84. The molecule has 122 valence electrons. The second-order valence-electron chi connectivity index (χ2n) is 6.90. The van der Waals surface area contributed by atoms with Crippen LogP contribution in [0.25, 0.3) is 0 Å². The maximum Gasteiger partial charge on any atom is 0.127 e. The molecule has 0 saturated heterocycles. The van der Waals surface area contributed by atoms with Gasteiger partial charge in [0.1, 0.15) is 17.1 Å². The molecule has 3 nitrogen and oxygen atoms in total. The molecule has 0 aliphatic carbocycles. The minimum atomic E-state index is -0.175. The highest BCUT2D eigenvalue weighted by molar-refractivity contribution is 5.58. The number of aryl methyl sites for hydroxylation is 1. The van der Waals surface area contributed by atoms with Crippen LogP contribution in [0.2, 0.25) is 0 Å². The van der Waals surface area contributed by atoms with E-state index in [1.165, 1.54) is 5.56 Å². The molecule has 1 aliphatic heterocycles. The zero-order valence-electron chi connectivity index (χ0n) is 14.4. The third kappa shape index (κ3) is 2.92. The largest absolute Gasteiger partial charge is 0.507 e. The molecule has 3 rings (SSSR count). The monoisotopic (exact) mass is 311 g/mol. The molecular formula is C20H25NO2. The zero-order valence-corrected chi connectivity index (χ0v) is 14.4. The molecule has 0 fully saturated rings. The minimum Gasteiger partial charge on any atom is -0.507 e. The summed E-state index contributed by atoms with van der Waals surface area (Å²) in [6.07, 6.45) is 5.63. The highest BCUT2D eigenvalue weighted by Crippen LogP contribution is 2.44. The van der Waals surface area contributed by atoms with Gasteiger partial charge in [-0.2, -0.15) is 0 Å². The number of aromatic hydroxyl groups is 1. The first kappa shape index (κ1) is 15.9. The van der Waals surface area contributed by atoms with Crippen LogP contribution in [0.5, 0.6) is 11.5 Å². The van der Waals surface area contributed by atoms with Crippen LogP contribution >= 0.6 is 0 Å². The highest BCUT2D eigenvalue weighted by atomic mass is 16.5. The quantitative estimate of drug-likeness (QED) is 0.912. The number of phenolic OH excluding ortho intramolecular Hbond substituents is 1. The number of ether oxygens (including phenoxy) is 1. The van der Waals surface area contributed by atoms with Gasteiger partial charge < -0.3 is 9.84 Å². The van der Waals surface area contributed by atoms with Crippen molar-refractivity contribution in [3.63, 3.8) is 0 Å². The fraction of sp³-hybridized carbons (Fsp3) is 0.450. The fourth-order valence-corrected chi connectivity index (χ4v) is 3.41. The van der Waals surface area contributed by atoms with Gasteiger partial charge in [-0.25, -0.2) is 0 Å². The van der Waals surface area contributed by atoms with Gasteiger partial charge in [0.05, 0.1) is 0 Å². The Bertz CT molecular complexity index is 724. The average Bonchev–Trinajstić information content (AvgIpc) is 2.57. The predicted molar refractivity (Wildman–Crippen MR) is 92.2 cm³/mol. The molecule has 1 unspecified atom stereocenters. The molecule has 0 saturated carbocycles. The number of pyridine rings is 1. The van der Waals surface area contributed by atoms with Gasteiger partial charge in [-0.1, -0.05) is 6.07 Å². The van der Waals surface area contributed by atoms with Gasteiger partial charge in [-0.05, 0) is 82.2 Å². The Morgan fingerprint density at radius 2 is 1.96 bits per heavy atom. The van der Waals surface area contributed by atoms with Crippen molar-refractivity contribution in [1.82, 2.24) is 4.98 Å². The maximum absolute atomic E-state index is 10.3. The van der Waals surface area contributed by atoms with Crippen LogP contribution < -0.4 is 4.74 Å². The number of rotatable bonds is 3. The Labute approximate surface area is 138 Å². The molecule has 23 heavy (non-hydrogen) atoms. The third-order valence-corrected chi connectivity index (χ3v) is 5.23. The number of aromatic nitrogens is 1. The van der Waals surface area contributed by atoms with Crippen molar-refractivity contribution >= 4 is 0 Å². The van der Waals surface area contributed by atoms with Gasteiger partial charge in [0.15, 0.2) is 0 Å². The molecule has 1 aromatic heterocycles. The first-order valence-electron chi connectivity index (χ1n) is 8.32. The molecule has 1 N–H and O–H groups in total. The van der Waals surface area contributed by atoms with Crippen molar-refractivity contribution in [2.24, 2.45) is 0 Å². The summed E-state index contributed by atoms with van der Waals surface area (Å²) in [5, 5.41) is 10.3. The zero-order chi connectivity index (χ0) is 16.6. The van der Waals surface area contributed by atoms with Crippen LogP contribution in [0.4, 0.5) is 0 Å². The van der Waals surface area contributed by atoms with E-state index in [1.54, 1.807) is 0 Å². The van der Waals surface area contributed by atoms with Crippen molar-refractivity contribution in [2.45, 2.75) is 59.0 Å². The summed E-state index contributed by atoms with van der Waals surface area (Å²) in [6, 6.07) is 6.04. The van der Waals surface area contributed by atoms with Gasteiger partial charge >= 0.3 is 0 Å². The molecule has 0 bridgehead atoms. The van der Waals surface area contributed by atoms with Crippen LogP contribution in [-0.2, 0) is 12.8 Å². The van der Waals surface area contributed by atoms with E-state index in [2.05, 4.69) is 18.0 Å². The van der Waals surface area contributed by atoms with Crippen LogP contribution in [0.15, 0.2) is 24.4 Å². The first-order chi connectivity index (χ1) is 10.9. The molecule has 0 amide bonds. The summed E-state index contributed by atoms with van der Waals surface area (Å²) in [6.45, 7) is 8.18. The number of benzene rings is 1. The van der Waals surface area contributed by atoms with Crippen molar-refractivity contribution in [3.8, 4) is 11.5 Å². The van der Waals surface area contributed by atoms with E-state index in [4.69, 9.17) is 4.74 Å². The van der Waals surface area contributed by atoms with Crippen molar-refractivity contribution in [3.05, 3.63) is 52.3 Å². The Kier molecular flexibility index (Phi) is 4.05. The minimum absolute atomic E-state index is 0.175. The lowest BCUT2D eigenvalue weighted by molar-refractivity contribution is 0.0549. The van der Waals surface area contributed by atoms with E-state index >= 15 is 0 Å². The van der Waals surface area contributed by atoms with E-state index < -0.39 is 0 Å². The molecule has 0 spiro atoms. The van der Waals surface area contributed by atoms with Crippen molar-refractivity contribution in [1.29, 1.82) is 0 Å². The molecule has 2 heterocycles. The second-order valence-corrected chi connectivity index (χ2v) is 6.90. The molecule has 0 radical (unpaired) electrons. The lowest BCUT2D eigenvalue weighted by Gasteiger charge is -2.38. The summed E-state index contributed by atoms with van der Waals surface area (Å²) < 4.78 is 6.45. The Hall–Kier alpha value is -2.03. The fourth-order valence-electron chi connectivity index (χ4n) is 3.41. The smallest absolute Gasteiger partial charge is 0.127 e. The van der Waals surface area contributed by atoms with E-state index in [0.717, 1.165) is 53.8 Å². The summed E-state index contributed by atoms with van der Waals surface area (Å²) in [7, 11) is 0. The summed E-state index contributed by atoms with van der Waals surface area (Å²) in [5.74, 6) is 1.40. The van der Waals surface area contributed by atoms with Gasteiger partial charge in [0.2, 0.25) is 0 Å². The van der Waals surface area contributed by atoms with Crippen LogP contribution in [0.3, 0.4) is 0 Å². The second kappa shape index (κ2) is 5.88. The summed E-state index contributed by atoms with van der Waals surface area (Å²) >= 11 is 0.